The molecular weight excluding hydrogens is 350 g/mol. The first-order chi connectivity index (χ1) is 13.7. The van der Waals surface area contributed by atoms with Crippen LogP contribution in [0.15, 0.2) is 60.7 Å². The van der Waals surface area contributed by atoms with E-state index in [1.165, 1.54) is 12.8 Å². The van der Waals surface area contributed by atoms with Crippen LogP contribution in [0.4, 0.5) is 11.5 Å². The molecule has 1 aromatic heterocycles. The number of carbonyl (C=O) groups excluding carboxylic acids is 1. The van der Waals surface area contributed by atoms with E-state index in [4.69, 9.17) is 9.72 Å². The zero-order chi connectivity index (χ0) is 19.3. The van der Waals surface area contributed by atoms with Crippen LogP contribution in [0, 0.1) is 5.92 Å². The highest BCUT2D eigenvalue weighted by molar-refractivity contribution is 5.92. The van der Waals surface area contributed by atoms with Crippen molar-refractivity contribution in [1.82, 2.24) is 4.98 Å². The normalized spacial score (nSPS) is 14.8. The lowest BCUT2D eigenvalue weighted by Crippen LogP contribution is -2.33. The van der Waals surface area contributed by atoms with E-state index in [1.54, 1.807) is 0 Å². The molecule has 2 aromatic carbocycles. The van der Waals surface area contributed by atoms with E-state index in [0.717, 1.165) is 41.4 Å². The summed E-state index contributed by atoms with van der Waals surface area (Å²) in [5, 5.41) is 3.84. The Labute approximate surface area is 165 Å². The maximum absolute atomic E-state index is 12.2. The Kier molecular flexibility index (Phi) is 5.42. The third-order valence-electron chi connectivity index (χ3n) is 5.19. The average Bonchev–Trinajstić information content (AvgIpc) is 2.73. The third kappa shape index (κ3) is 4.25. The lowest BCUT2D eigenvalue weighted by molar-refractivity contribution is -0.118. The molecule has 0 spiro atoms. The fourth-order valence-corrected chi connectivity index (χ4v) is 3.50. The molecule has 2 heterocycles. The molecule has 0 unspecified atom stereocenters. The minimum atomic E-state index is -0.190. The van der Waals surface area contributed by atoms with Crippen LogP contribution in [-0.4, -0.2) is 30.6 Å². The van der Waals surface area contributed by atoms with Crippen LogP contribution in [0.25, 0.3) is 10.9 Å². The fourth-order valence-electron chi connectivity index (χ4n) is 3.50. The quantitative estimate of drug-likeness (QED) is 0.714. The maximum atomic E-state index is 12.2. The lowest BCUT2D eigenvalue weighted by Gasteiger charge is -2.31. The first kappa shape index (κ1) is 18.3. The number of rotatable bonds is 5. The third-order valence-corrected chi connectivity index (χ3v) is 5.19. The van der Waals surface area contributed by atoms with Gasteiger partial charge in [-0.15, -0.1) is 0 Å². The number of piperidine rings is 1. The number of pyridine rings is 1. The van der Waals surface area contributed by atoms with Crippen molar-refractivity contribution in [2.75, 3.05) is 29.9 Å². The van der Waals surface area contributed by atoms with E-state index in [1.807, 2.05) is 48.5 Å². The molecule has 5 nitrogen and oxygen atoms in total. The molecule has 0 saturated carbocycles. The number of para-hydroxylation sites is 2. The molecule has 0 bridgehead atoms. The standard InChI is InChI=1S/C23H25N3O2/c1-17-12-14-26(15-13-17)21-11-10-18-6-5-9-20(23(18)25-21)28-16-22(27)24-19-7-3-2-4-8-19/h2-11,17H,12-16H2,1H3,(H,24,27). The number of hydrogen-bond acceptors (Lipinski definition) is 4. The molecule has 0 aliphatic carbocycles. The molecule has 0 radical (unpaired) electrons. The number of hydrogen-bond donors (Lipinski definition) is 1. The minimum Gasteiger partial charge on any atom is -0.481 e. The van der Waals surface area contributed by atoms with Crippen LogP contribution in [-0.2, 0) is 4.79 Å². The van der Waals surface area contributed by atoms with Gasteiger partial charge in [-0.3, -0.25) is 4.79 Å². The minimum absolute atomic E-state index is 0.0544. The number of nitrogens with one attached hydrogen (secondary N) is 1. The predicted octanol–water partition coefficient (Wildman–Crippen LogP) is 4.49. The van der Waals surface area contributed by atoms with E-state index >= 15 is 0 Å². The number of anilines is 2. The zero-order valence-electron chi connectivity index (χ0n) is 16.1. The Hall–Kier alpha value is -3.08. The van der Waals surface area contributed by atoms with Crippen LogP contribution in [0.5, 0.6) is 5.75 Å². The molecule has 144 valence electrons. The Bertz CT molecular complexity index is 950. The second-order valence-corrected chi connectivity index (χ2v) is 7.37. The molecule has 5 heteroatoms. The Morgan fingerprint density at radius 1 is 1.07 bits per heavy atom. The summed E-state index contributed by atoms with van der Waals surface area (Å²) in [5.74, 6) is 2.19. The smallest absolute Gasteiger partial charge is 0.262 e. The van der Waals surface area contributed by atoms with Gasteiger partial charge in [0.1, 0.15) is 17.1 Å². The van der Waals surface area contributed by atoms with Gasteiger partial charge in [-0.25, -0.2) is 4.98 Å². The number of aromatic nitrogens is 1. The largest absolute Gasteiger partial charge is 0.481 e. The van der Waals surface area contributed by atoms with Crippen molar-refractivity contribution < 1.29 is 9.53 Å². The summed E-state index contributed by atoms with van der Waals surface area (Å²) >= 11 is 0. The van der Waals surface area contributed by atoms with Crippen molar-refractivity contribution in [3.63, 3.8) is 0 Å². The summed E-state index contributed by atoms with van der Waals surface area (Å²) in [6.07, 6.45) is 2.38. The number of amides is 1. The van der Waals surface area contributed by atoms with Crippen molar-refractivity contribution in [2.24, 2.45) is 5.92 Å². The summed E-state index contributed by atoms with van der Waals surface area (Å²) < 4.78 is 5.82. The Balaban J connectivity index is 1.48. The number of nitrogens with zero attached hydrogens (tertiary/aromatic N) is 2. The molecular formula is C23H25N3O2. The van der Waals surface area contributed by atoms with Gasteiger partial charge in [-0.2, -0.15) is 0 Å². The van der Waals surface area contributed by atoms with Gasteiger partial charge in [0, 0.05) is 24.2 Å². The zero-order valence-corrected chi connectivity index (χ0v) is 16.1. The summed E-state index contributed by atoms with van der Waals surface area (Å²) in [7, 11) is 0. The van der Waals surface area contributed by atoms with E-state index < -0.39 is 0 Å². The van der Waals surface area contributed by atoms with Crippen molar-refractivity contribution in [2.45, 2.75) is 19.8 Å². The maximum Gasteiger partial charge on any atom is 0.262 e. The Morgan fingerprint density at radius 2 is 1.86 bits per heavy atom. The molecule has 1 N–H and O–H groups in total. The highest BCUT2D eigenvalue weighted by atomic mass is 16.5. The molecule has 0 atom stereocenters. The number of benzene rings is 2. The van der Waals surface area contributed by atoms with Gasteiger partial charge in [0.05, 0.1) is 0 Å². The second kappa shape index (κ2) is 8.30. The van der Waals surface area contributed by atoms with Gasteiger partial charge < -0.3 is 15.0 Å². The van der Waals surface area contributed by atoms with Crippen molar-refractivity contribution in [1.29, 1.82) is 0 Å². The molecule has 4 rings (SSSR count). The van der Waals surface area contributed by atoms with Crippen LogP contribution >= 0.6 is 0 Å². The van der Waals surface area contributed by atoms with Crippen molar-refractivity contribution in [3.05, 3.63) is 60.7 Å². The summed E-state index contributed by atoms with van der Waals surface area (Å²) in [4.78, 5) is 19.4. The van der Waals surface area contributed by atoms with Gasteiger partial charge >= 0.3 is 0 Å². The van der Waals surface area contributed by atoms with Crippen molar-refractivity contribution >= 4 is 28.3 Å². The van der Waals surface area contributed by atoms with Gasteiger partial charge in [0.15, 0.2) is 6.61 Å². The van der Waals surface area contributed by atoms with Crippen molar-refractivity contribution in [3.8, 4) is 5.75 Å². The predicted molar refractivity (Wildman–Crippen MR) is 113 cm³/mol. The Morgan fingerprint density at radius 3 is 2.64 bits per heavy atom. The topological polar surface area (TPSA) is 54.5 Å². The summed E-state index contributed by atoms with van der Waals surface area (Å²) in [5.41, 5.74) is 1.56. The van der Waals surface area contributed by atoms with Gasteiger partial charge in [-0.1, -0.05) is 37.3 Å². The van der Waals surface area contributed by atoms with Gasteiger partial charge in [0.2, 0.25) is 0 Å². The van der Waals surface area contributed by atoms with E-state index in [-0.39, 0.29) is 12.5 Å². The molecule has 1 aliphatic rings. The molecule has 1 aliphatic heterocycles. The van der Waals surface area contributed by atoms with Crippen LogP contribution in [0.1, 0.15) is 19.8 Å². The highest BCUT2D eigenvalue weighted by Gasteiger charge is 2.18. The fraction of sp³-hybridized carbons (Fsp3) is 0.304. The van der Waals surface area contributed by atoms with Gasteiger partial charge in [0.25, 0.3) is 5.91 Å². The average molecular weight is 375 g/mol. The SMILES string of the molecule is CC1CCN(c2ccc3cccc(OCC(=O)Nc4ccccc4)c3n2)CC1. The monoisotopic (exact) mass is 375 g/mol. The van der Waals surface area contributed by atoms with Crippen LogP contribution in [0.2, 0.25) is 0 Å². The molecule has 28 heavy (non-hydrogen) atoms. The molecule has 3 aromatic rings. The van der Waals surface area contributed by atoms with Crippen LogP contribution in [0.3, 0.4) is 0 Å². The number of fused-ring (bicyclic) bond motifs is 1. The van der Waals surface area contributed by atoms with E-state index in [2.05, 4.69) is 29.3 Å². The molecule has 1 fully saturated rings. The van der Waals surface area contributed by atoms with Gasteiger partial charge in [-0.05, 0) is 49.1 Å². The second-order valence-electron chi connectivity index (χ2n) is 7.37. The summed E-state index contributed by atoms with van der Waals surface area (Å²) in [6.45, 7) is 4.31. The first-order valence-corrected chi connectivity index (χ1v) is 9.81. The lowest BCUT2D eigenvalue weighted by atomic mass is 9.99. The number of ether oxygens (including phenoxy) is 1. The van der Waals surface area contributed by atoms with E-state index in [0.29, 0.717) is 5.75 Å². The molecule has 1 saturated heterocycles. The summed E-state index contributed by atoms with van der Waals surface area (Å²) in [6, 6.07) is 19.3. The van der Waals surface area contributed by atoms with E-state index in [9.17, 15) is 4.79 Å². The van der Waals surface area contributed by atoms with Crippen LogP contribution < -0.4 is 15.0 Å². The first-order valence-electron chi connectivity index (χ1n) is 9.81. The molecule has 1 amide bonds. The number of carbonyl (C=O) groups is 1. The highest BCUT2D eigenvalue weighted by Crippen LogP contribution is 2.28.